The minimum absolute atomic E-state index is 0.0430. The van der Waals surface area contributed by atoms with Crippen molar-refractivity contribution in [2.75, 3.05) is 6.61 Å². The maximum atomic E-state index is 13.7. The molecule has 2 aromatic heterocycles. The molecule has 7 heteroatoms. The van der Waals surface area contributed by atoms with Gasteiger partial charge in [0.1, 0.15) is 0 Å². The first-order chi connectivity index (χ1) is 16.6. The van der Waals surface area contributed by atoms with Crippen LogP contribution in [0.4, 0.5) is 0 Å². The lowest BCUT2D eigenvalue weighted by molar-refractivity contribution is 0.318. The number of aromatic nitrogens is 1. The molecule has 1 aliphatic carbocycles. The quantitative estimate of drug-likeness (QED) is 0.463. The van der Waals surface area contributed by atoms with Gasteiger partial charge in [-0.25, -0.2) is 4.99 Å². The fourth-order valence-corrected chi connectivity index (χ4v) is 6.61. The Morgan fingerprint density at radius 1 is 1.18 bits per heavy atom. The van der Waals surface area contributed by atoms with Gasteiger partial charge in [-0.2, -0.15) is 0 Å². The predicted octanol–water partition coefficient (Wildman–Crippen LogP) is 4.48. The van der Waals surface area contributed by atoms with Gasteiger partial charge in [0, 0.05) is 10.4 Å². The first-order valence-corrected chi connectivity index (χ1v) is 13.0. The van der Waals surface area contributed by atoms with Gasteiger partial charge in [0.15, 0.2) is 16.3 Å². The number of nitrogens with zero attached hydrogens (tertiary/aromatic N) is 2. The van der Waals surface area contributed by atoms with E-state index in [0.29, 0.717) is 21.7 Å². The molecule has 0 spiro atoms. The van der Waals surface area contributed by atoms with E-state index in [0.717, 1.165) is 29.0 Å². The SMILES string of the molecule is CCOc1cc(/C=c2/sc3n(c2=O)C(c2cccs2)C2=C(N=3)c3ccccc3CC2)ccc1O. The Morgan fingerprint density at radius 3 is 2.88 bits per heavy atom. The molecule has 0 saturated carbocycles. The van der Waals surface area contributed by atoms with E-state index in [9.17, 15) is 9.90 Å². The van der Waals surface area contributed by atoms with E-state index < -0.39 is 0 Å². The van der Waals surface area contributed by atoms with Crippen molar-refractivity contribution >= 4 is 34.4 Å². The van der Waals surface area contributed by atoms with Crippen molar-refractivity contribution in [2.45, 2.75) is 25.8 Å². The average Bonchev–Trinajstić information content (AvgIpc) is 3.49. The first kappa shape index (κ1) is 21.1. The van der Waals surface area contributed by atoms with E-state index in [2.05, 4.69) is 35.7 Å². The number of hydrogen-bond donors (Lipinski definition) is 1. The van der Waals surface area contributed by atoms with E-state index >= 15 is 0 Å². The van der Waals surface area contributed by atoms with Crippen molar-refractivity contribution in [3.8, 4) is 11.5 Å². The molecule has 170 valence electrons. The van der Waals surface area contributed by atoms with Gasteiger partial charge in [0.2, 0.25) is 0 Å². The summed E-state index contributed by atoms with van der Waals surface area (Å²) in [6.07, 6.45) is 3.69. The largest absolute Gasteiger partial charge is 0.504 e. The van der Waals surface area contributed by atoms with Gasteiger partial charge in [-0.3, -0.25) is 9.36 Å². The Hall–Kier alpha value is -3.42. The molecule has 1 aliphatic heterocycles. The third-order valence-electron chi connectivity index (χ3n) is 6.27. The maximum absolute atomic E-state index is 13.7. The molecule has 4 aromatic rings. The molecule has 0 fully saturated rings. The zero-order chi connectivity index (χ0) is 23.2. The summed E-state index contributed by atoms with van der Waals surface area (Å²) >= 11 is 3.08. The molecule has 2 aromatic carbocycles. The molecule has 1 unspecified atom stereocenters. The lowest BCUT2D eigenvalue weighted by Crippen LogP contribution is -2.38. The van der Waals surface area contributed by atoms with Crippen LogP contribution in [0.3, 0.4) is 0 Å². The van der Waals surface area contributed by atoms with E-state index in [-0.39, 0.29) is 17.4 Å². The number of aryl methyl sites for hydroxylation is 1. The molecule has 34 heavy (non-hydrogen) atoms. The summed E-state index contributed by atoms with van der Waals surface area (Å²) in [4.78, 5) is 20.6. The molecule has 0 radical (unpaired) electrons. The molecular formula is C27H22N2O3S2. The minimum atomic E-state index is -0.138. The smallest absolute Gasteiger partial charge is 0.271 e. The summed E-state index contributed by atoms with van der Waals surface area (Å²) in [6, 6.07) is 17.6. The van der Waals surface area contributed by atoms with E-state index in [1.54, 1.807) is 29.5 Å². The van der Waals surface area contributed by atoms with E-state index in [4.69, 9.17) is 9.73 Å². The van der Waals surface area contributed by atoms with Crippen LogP contribution in [0.25, 0.3) is 11.8 Å². The van der Waals surface area contributed by atoms with Gasteiger partial charge >= 0.3 is 0 Å². The van der Waals surface area contributed by atoms with E-state index in [1.807, 2.05) is 23.6 Å². The summed E-state index contributed by atoms with van der Waals surface area (Å²) in [6.45, 7) is 2.32. The Kier molecular flexibility index (Phi) is 5.23. The summed E-state index contributed by atoms with van der Waals surface area (Å²) in [5.41, 5.74) is 5.45. The number of ether oxygens (including phenoxy) is 1. The normalized spacial score (nSPS) is 17.1. The third kappa shape index (κ3) is 3.43. The Bertz CT molecular complexity index is 1610. The zero-order valence-electron chi connectivity index (χ0n) is 18.5. The second kappa shape index (κ2) is 8.42. The molecule has 6 rings (SSSR count). The lowest BCUT2D eigenvalue weighted by atomic mass is 9.85. The van der Waals surface area contributed by atoms with Crippen LogP contribution in [0, 0.1) is 0 Å². The lowest BCUT2D eigenvalue weighted by Gasteiger charge is -2.30. The highest BCUT2D eigenvalue weighted by Crippen LogP contribution is 2.42. The highest BCUT2D eigenvalue weighted by Gasteiger charge is 2.32. The highest BCUT2D eigenvalue weighted by molar-refractivity contribution is 7.10. The number of allylic oxidation sites excluding steroid dienone is 1. The number of phenolic OH excluding ortho intramolecular Hbond substituents is 1. The Labute approximate surface area is 204 Å². The molecule has 1 atom stereocenters. The van der Waals surface area contributed by atoms with E-state index in [1.165, 1.54) is 28.0 Å². The standard InChI is InChI=1S/C27H22N2O3S2/c1-2-32-21-14-16(9-12-20(21)30)15-23-26(31)29-25(22-8-5-13-33-22)19-11-10-17-6-3-4-7-18(17)24(19)28-27(29)34-23/h3-9,12-15,25,30H,2,10-11H2,1H3/b23-15+. The molecule has 0 bridgehead atoms. The van der Waals surface area contributed by atoms with Gasteiger partial charge in [0.05, 0.1) is 22.9 Å². The Balaban J connectivity index is 1.57. The highest BCUT2D eigenvalue weighted by atomic mass is 32.1. The fourth-order valence-electron chi connectivity index (χ4n) is 4.76. The molecule has 0 saturated heterocycles. The van der Waals surface area contributed by atoms with Crippen molar-refractivity contribution in [3.05, 3.63) is 107 Å². The van der Waals surface area contributed by atoms with Crippen LogP contribution in [0.2, 0.25) is 0 Å². The van der Waals surface area contributed by atoms with Crippen LogP contribution >= 0.6 is 22.7 Å². The zero-order valence-corrected chi connectivity index (χ0v) is 20.2. The predicted molar refractivity (Wildman–Crippen MR) is 136 cm³/mol. The second-order valence-electron chi connectivity index (χ2n) is 8.29. The molecule has 5 nitrogen and oxygen atoms in total. The molecular weight excluding hydrogens is 464 g/mol. The first-order valence-electron chi connectivity index (χ1n) is 11.3. The van der Waals surface area contributed by atoms with Crippen LogP contribution in [-0.2, 0) is 6.42 Å². The van der Waals surface area contributed by atoms with Gasteiger partial charge < -0.3 is 9.84 Å². The summed E-state index contributed by atoms with van der Waals surface area (Å²) in [5.74, 6) is 0.497. The number of fused-ring (bicyclic) bond motifs is 3. The number of phenols is 1. The van der Waals surface area contributed by atoms with Crippen molar-refractivity contribution in [1.82, 2.24) is 4.57 Å². The van der Waals surface area contributed by atoms with Crippen LogP contribution in [-0.4, -0.2) is 16.3 Å². The van der Waals surface area contributed by atoms with Crippen molar-refractivity contribution in [1.29, 1.82) is 0 Å². The second-order valence-corrected chi connectivity index (χ2v) is 10.3. The number of thiazole rings is 1. The van der Waals surface area contributed by atoms with Crippen molar-refractivity contribution in [2.24, 2.45) is 4.99 Å². The fraction of sp³-hybridized carbons (Fsp3) is 0.185. The van der Waals surface area contributed by atoms with Gasteiger partial charge in [-0.05, 0) is 66.1 Å². The number of benzene rings is 2. The van der Waals surface area contributed by atoms with Crippen LogP contribution < -0.4 is 19.6 Å². The van der Waals surface area contributed by atoms with Gasteiger partial charge in [-0.1, -0.05) is 47.7 Å². The van der Waals surface area contributed by atoms with Crippen molar-refractivity contribution in [3.63, 3.8) is 0 Å². The van der Waals surface area contributed by atoms with Crippen LogP contribution in [0.5, 0.6) is 11.5 Å². The van der Waals surface area contributed by atoms with Gasteiger partial charge in [0.25, 0.3) is 5.56 Å². The molecule has 1 N–H and O–H groups in total. The average molecular weight is 487 g/mol. The van der Waals surface area contributed by atoms with Crippen LogP contribution in [0.1, 0.15) is 41.0 Å². The summed E-state index contributed by atoms with van der Waals surface area (Å²) < 4.78 is 7.99. The number of thiophene rings is 1. The molecule has 0 amide bonds. The summed E-state index contributed by atoms with van der Waals surface area (Å²) in [5, 5.41) is 12.1. The van der Waals surface area contributed by atoms with Crippen molar-refractivity contribution < 1.29 is 9.84 Å². The molecule has 2 aliphatic rings. The third-order valence-corrected chi connectivity index (χ3v) is 8.17. The van der Waals surface area contributed by atoms with Crippen LogP contribution in [0.15, 0.2) is 75.3 Å². The monoisotopic (exact) mass is 486 g/mol. The minimum Gasteiger partial charge on any atom is -0.504 e. The Morgan fingerprint density at radius 2 is 2.06 bits per heavy atom. The number of rotatable bonds is 4. The number of aromatic hydroxyl groups is 1. The number of hydrogen-bond acceptors (Lipinski definition) is 6. The summed E-state index contributed by atoms with van der Waals surface area (Å²) in [7, 11) is 0. The molecule has 3 heterocycles. The topological polar surface area (TPSA) is 63.8 Å². The van der Waals surface area contributed by atoms with Gasteiger partial charge in [-0.15, -0.1) is 11.3 Å². The maximum Gasteiger partial charge on any atom is 0.271 e.